The molecule has 0 atom stereocenters. The van der Waals surface area contributed by atoms with Gasteiger partial charge in [0.2, 0.25) is 0 Å². The first kappa shape index (κ1) is 15.3. The summed E-state index contributed by atoms with van der Waals surface area (Å²) in [4.78, 5) is 19.6. The van der Waals surface area contributed by atoms with Crippen LogP contribution >= 0.6 is 0 Å². The predicted molar refractivity (Wildman–Crippen MR) is 89.9 cm³/mol. The molecule has 0 saturated carbocycles. The molecule has 2 heterocycles. The lowest BCUT2D eigenvalue weighted by molar-refractivity contribution is 0.0371. The van der Waals surface area contributed by atoms with Gasteiger partial charge in [0.15, 0.2) is 0 Å². The van der Waals surface area contributed by atoms with E-state index in [1.807, 2.05) is 45.9 Å². The molecule has 3 rings (SSSR count). The Labute approximate surface area is 134 Å². The molecule has 0 unspecified atom stereocenters. The lowest BCUT2D eigenvalue weighted by Crippen LogP contribution is -2.12. The molecule has 0 aliphatic heterocycles. The van der Waals surface area contributed by atoms with Crippen molar-refractivity contribution in [1.29, 1.82) is 0 Å². The standard InChI is InChI=1S/C18H20N2O3/c1-10(2)22-16-7-5-6-13-17(16)12-8-14(18(21)23-11(3)4)19-9-15(12)20-13/h5-11,20H,1-4H3. The largest absolute Gasteiger partial charge is 0.490 e. The highest BCUT2D eigenvalue weighted by Crippen LogP contribution is 2.33. The zero-order valence-corrected chi connectivity index (χ0v) is 13.7. The van der Waals surface area contributed by atoms with Gasteiger partial charge in [-0.3, -0.25) is 0 Å². The highest BCUT2D eigenvalue weighted by atomic mass is 16.5. The van der Waals surface area contributed by atoms with Gasteiger partial charge in [0.1, 0.15) is 11.4 Å². The van der Waals surface area contributed by atoms with Crippen LogP contribution in [0, 0.1) is 0 Å². The van der Waals surface area contributed by atoms with E-state index in [0.29, 0.717) is 5.69 Å². The van der Waals surface area contributed by atoms with Gasteiger partial charge in [-0.25, -0.2) is 9.78 Å². The second kappa shape index (κ2) is 5.91. The number of carbonyl (C=O) groups excluding carboxylic acids is 1. The number of nitrogens with zero attached hydrogens (tertiary/aromatic N) is 1. The SMILES string of the molecule is CC(C)OC(=O)c1cc2c(cn1)[nH]c1cccc(OC(C)C)c12. The smallest absolute Gasteiger partial charge is 0.357 e. The van der Waals surface area contributed by atoms with Crippen LogP contribution in [0.25, 0.3) is 21.8 Å². The number of benzene rings is 1. The van der Waals surface area contributed by atoms with E-state index in [4.69, 9.17) is 9.47 Å². The molecule has 2 aromatic heterocycles. The Hall–Kier alpha value is -2.56. The summed E-state index contributed by atoms with van der Waals surface area (Å²) in [5.41, 5.74) is 2.11. The maximum atomic E-state index is 12.1. The molecule has 5 heteroatoms. The molecule has 120 valence electrons. The number of ether oxygens (including phenoxy) is 2. The fourth-order valence-electron chi connectivity index (χ4n) is 2.56. The average Bonchev–Trinajstić information content (AvgIpc) is 2.84. The lowest BCUT2D eigenvalue weighted by atomic mass is 10.1. The maximum Gasteiger partial charge on any atom is 0.357 e. The van der Waals surface area contributed by atoms with Gasteiger partial charge >= 0.3 is 5.97 Å². The number of fused-ring (bicyclic) bond motifs is 3. The van der Waals surface area contributed by atoms with Crippen LogP contribution in [-0.2, 0) is 4.74 Å². The van der Waals surface area contributed by atoms with Gasteiger partial charge < -0.3 is 14.5 Å². The van der Waals surface area contributed by atoms with Crippen molar-refractivity contribution >= 4 is 27.8 Å². The van der Waals surface area contributed by atoms with Crippen molar-refractivity contribution in [2.75, 3.05) is 0 Å². The third kappa shape index (κ3) is 2.99. The summed E-state index contributed by atoms with van der Waals surface area (Å²) in [6.07, 6.45) is 1.55. The highest BCUT2D eigenvalue weighted by molar-refractivity contribution is 6.11. The van der Waals surface area contributed by atoms with Gasteiger partial charge in [0, 0.05) is 10.8 Å². The molecule has 0 radical (unpaired) electrons. The predicted octanol–water partition coefficient (Wildman–Crippen LogP) is 4.07. The van der Waals surface area contributed by atoms with Gasteiger partial charge in [-0.05, 0) is 45.9 Å². The maximum absolute atomic E-state index is 12.1. The first-order valence-electron chi connectivity index (χ1n) is 7.74. The minimum absolute atomic E-state index is 0.0674. The van der Waals surface area contributed by atoms with E-state index in [1.165, 1.54) is 0 Å². The monoisotopic (exact) mass is 312 g/mol. The zero-order chi connectivity index (χ0) is 16.6. The van der Waals surface area contributed by atoms with Gasteiger partial charge in [-0.15, -0.1) is 0 Å². The Morgan fingerprint density at radius 3 is 2.61 bits per heavy atom. The third-order valence-corrected chi connectivity index (χ3v) is 3.38. The summed E-state index contributed by atoms with van der Waals surface area (Å²) in [6, 6.07) is 7.61. The van der Waals surface area contributed by atoms with E-state index in [0.717, 1.165) is 27.6 Å². The molecule has 5 nitrogen and oxygen atoms in total. The molecule has 3 aromatic rings. The van der Waals surface area contributed by atoms with Crippen molar-refractivity contribution in [3.8, 4) is 5.75 Å². The first-order valence-corrected chi connectivity index (χ1v) is 7.74. The number of pyridine rings is 1. The van der Waals surface area contributed by atoms with Gasteiger partial charge in [-0.2, -0.15) is 0 Å². The molecule has 0 aliphatic carbocycles. The molecule has 0 amide bonds. The van der Waals surface area contributed by atoms with E-state index in [-0.39, 0.29) is 12.2 Å². The van der Waals surface area contributed by atoms with E-state index >= 15 is 0 Å². The Balaban J connectivity index is 2.16. The van der Waals surface area contributed by atoms with Crippen molar-refractivity contribution in [2.45, 2.75) is 39.9 Å². The zero-order valence-electron chi connectivity index (χ0n) is 13.7. The van der Waals surface area contributed by atoms with Gasteiger partial charge in [0.05, 0.1) is 29.4 Å². The Morgan fingerprint density at radius 2 is 1.91 bits per heavy atom. The summed E-state index contributed by atoms with van der Waals surface area (Å²) < 4.78 is 11.1. The fourth-order valence-corrected chi connectivity index (χ4v) is 2.56. The quantitative estimate of drug-likeness (QED) is 0.738. The number of aromatic amines is 1. The number of aromatic nitrogens is 2. The highest BCUT2D eigenvalue weighted by Gasteiger charge is 2.16. The van der Waals surface area contributed by atoms with Crippen molar-refractivity contribution in [3.05, 3.63) is 36.2 Å². The number of carbonyl (C=O) groups is 1. The topological polar surface area (TPSA) is 64.2 Å². The van der Waals surface area contributed by atoms with Crippen molar-refractivity contribution in [2.24, 2.45) is 0 Å². The normalized spacial score (nSPS) is 11.6. The molecule has 0 bridgehead atoms. The number of rotatable bonds is 4. The summed E-state index contributed by atoms with van der Waals surface area (Å²) in [6.45, 7) is 7.61. The number of hydrogen-bond donors (Lipinski definition) is 1. The van der Waals surface area contributed by atoms with E-state index in [1.54, 1.807) is 12.3 Å². The first-order chi connectivity index (χ1) is 11.0. The summed E-state index contributed by atoms with van der Waals surface area (Å²) in [5, 5.41) is 1.86. The summed E-state index contributed by atoms with van der Waals surface area (Å²) >= 11 is 0. The van der Waals surface area contributed by atoms with Crippen LogP contribution in [0.1, 0.15) is 38.2 Å². The molecule has 0 fully saturated rings. The molecular formula is C18H20N2O3. The molecule has 23 heavy (non-hydrogen) atoms. The van der Waals surface area contributed by atoms with Crippen molar-refractivity contribution in [3.63, 3.8) is 0 Å². The van der Waals surface area contributed by atoms with Crippen LogP contribution in [0.3, 0.4) is 0 Å². The Kier molecular flexibility index (Phi) is 3.94. The molecule has 0 spiro atoms. The van der Waals surface area contributed by atoms with E-state index in [2.05, 4.69) is 9.97 Å². The third-order valence-electron chi connectivity index (χ3n) is 3.38. The number of hydrogen-bond acceptors (Lipinski definition) is 4. The van der Waals surface area contributed by atoms with E-state index < -0.39 is 5.97 Å². The van der Waals surface area contributed by atoms with Crippen molar-refractivity contribution in [1.82, 2.24) is 9.97 Å². The average molecular weight is 312 g/mol. The fraction of sp³-hybridized carbons (Fsp3) is 0.333. The van der Waals surface area contributed by atoms with Gasteiger partial charge in [-0.1, -0.05) is 6.07 Å². The van der Waals surface area contributed by atoms with Crippen LogP contribution in [0.4, 0.5) is 0 Å². The van der Waals surface area contributed by atoms with Crippen LogP contribution in [0.5, 0.6) is 5.75 Å². The number of nitrogens with one attached hydrogen (secondary N) is 1. The van der Waals surface area contributed by atoms with Crippen LogP contribution in [0.2, 0.25) is 0 Å². The second-order valence-electron chi connectivity index (χ2n) is 6.04. The minimum atomic E-state index is -0.418. The van der Waals surface area contributed by atoms with Crippen LogP contribution in [0.15, 0.2) is 30.5 Å². The summed E-state index contributed by atoms with van der Waals surface area (Å²) in [7, 11) is 0. The minimum Gasteiger partial charge on any atom is -0.490 e. The Morgan fingerprint density at radius 1 is 1.13 bits per heavy atom. The molecule has 0 saturated heterocycles. The molecule has 0 aliphatic rings. The van der Waals surface area contributed by atoms with Crippen LogP contribution in [-0.4, -0.2) is 28.1 Å². The number of H-pyrrole nitrogens is 1. The van der Waals surface area contributed by atoms with Gasteiger partial charge in [0.25, 0.3) is 0 Å². The lowest BCUT2D eigenvalue weighted by Gasteiger charge is -2.11. The second-order valence-corrected chi connectivity index (χ2v) is 6.04. The summed E-state index contributed by atoms with van der Waals surface area (Å²) in [5.74, 6) is 0.372. The van der Waals surface area contributed by atoms with Crippen LogP contribution < -0.4 is 4.74 Å². The molecular weight excluding hydrogens is 292 g/mol. The van der Waals surface area contributed by atoms with E-state index in [9.17, 15) is 4.79 Å². The number of esters is 1. The van der Waals surface area contributed by atoms with Crippen molar-refractivity contribution < 1.29 is 14.3 Å². The molecule has 1 aromatic carbocycles. The molecule has 1 N–H and O–H groups in total. The Bertz CT molecular complexity index is 865.